The highest BCUT2D eigenvalue weighted by molar-refractivity contribution is 6.35. The van der Waals surface area contributed by atoms with Gasteiger partial charge in [0.1, 0.15) is 0 Å². The molecular weight excluding hydrogens is 320 g/mol. The van der Waals surface area contributed by atoms with Crippen LogP contribution in [0.15, 0.2) is 31.3 Å². The number of nitrogens with one attached hydrogen (secondary N) is 4. The number of benzene rings is 1. The fraction of sp³-hybridized carbons (Fsp3) is 0.143. The molecule has 1 aliphatic rings. The lowest BCUT2D eigenvalue weighted by molar-refractivity contribution is -0.140. The predicted molar refractivity (Wildman–Crippen MR) is 83.6 cm³/mol. The third kappa shape index (κ3) is 2.49. The third-order valence-electron chi connectivity index (χ3n) is 3.49. The SMILES string of the molecule is O=C1NCCNC1=O.O=c1[nH]c(=O)c2cc3c(=O)[nH]c(=O)c3cc12. The maximum absolute atomic E-state index is 11.3. The lowest BCUT2D eigenvalue weighted by Crippen LogP contribution is -2.49. The minimum atomic E-state index is -0.546. The Balaban J connectivity index is 0.000000179. The summed E-state index contributed by atoms with van der Waals surface area (Å²) < 4.78 is 0. The Bertz CT molecular complexity index is 1020. The van der Waals surface area contributed by atoms with Crippen LogP contribution in [0.5, 0.6) is 0 Å². The van der Waals surface area contributed by atoms with Gasteiger partial charge in [-0.2, -0.15) is 0 Å². The number of carbonyl (C=O) groups is 2. The van der Waals surface area contributed by atoms with Crippen molar-refractivity contribution >= 4 is 33.4 Å². The van der Waals surface area contributed by atoms with Gasteiger partial charge in [0, 0.05) is 13.1 Å². The van der Waals surface area contributed by atoms with E-state index in [1.54, 1.807) is 0 Å². The van der Waals surface area contributed by atoms with Crippen molar-refractivity contribution in [1.29, 1.82) is 0 Å². The summed E-state index contributed by atoms with van der Waals surface area (Å²) in [5.74, 6) is -1.06. The summed E-state index contributed by atoms with van der Waals surface area (Å²) in [4.78, 5) is 70.0. The van der Waals surface area contributed by atoms with Crippen molar-refractivity contribution in [1.82, 2.24) is 20.6 Å². The first-order valence-electron chi connectivity index (χ1n) is 6.84. The topological polar surface area (TPSA) is 158 Å². The van der Waals surface area contributed by atoms with Crippen molar-refractivity contribution in [3.05, 3.63) is 53.5 Å². The summed E-state index contributed by atoms with van der Waals surface area (Å²) >= 11 is 0. The molecule has 2 aromatic heterocycles. The number of H-pyrrole nitrogens is 2. The standard InChI is InChI=1S/C10H4N2O4.C4H6N2O2/c13-7-3-1-4-6(10(16)12-8(4)14)2-5(3)9(15)11-7;7-3-4(8)6-2-1-5-3/h1-2H,(H,11,13,15)(H,12,14,16);1-2H2,(H,5,7)(H,6,8). The van der Waals surface area contributed by atoms with Gasteiger partial charge in [-0.15, -0.1) is 0 Å². The maximum atomic E-state index is 11.3. The maximum Gasteiger partial charge on any atom is 0.309 e. The number of hydrogen-bond donors (Lipinski definition) is 4. The van der Waals surface area contributed by atoms with Crippen molar-refractivity contribution in [2.75, 3.05) is 13.1 Å². The van der Waals surface area contributed by atoms with Crippen LogP contribution in [-0.4, -0.2) is 34.9 Å². The monoisotopic (exact) mass is 330 g/mol. The average molecular weight is 330 g/mol. The molecule has 10 heteroatoms. The summed E-state index contributed by atoms with van der Waals surface area (Å²) in [7, 11) is 0. The van der Waals surface area contributed by atoms with Crippen molar-refractivity contribution < 1.29 is 9.59 Å². The summed E-state index contributed by atoms with van der Waals surface area (Å²) in [6.45, 7) is 1.09. The highest BCUT2D eigenvalue weighted by Crippen LogP contribution is 2.12. The smallest absolute Gasteiger partial charge is 0.309 e. The Morgan fingerprint density at radius 2 is 0.833 bits per heavy atom. The molecule has 0 bridgehead atoms. The van der Waals surface area contributed by atoms with Gasteiger partial charge in [-0.25, -0.2) is 0 Å². The van der Waals surface area contributed by atoms with Crippen LogP contribution in [-0.2, 0) is 9.59 Å². The van der Waals surface area contributed by atoms with E-state index in [2.05, 4.69) is 20.6 Å². The highest BCUT2D eigenvalue weighted by atomic mass is 16.2. The van der Waals surface area contributed by atoms with Gasteiger partial charge < -0.3 is 10.6 Å². The van der Waals surface area contributed by atoms with Crippen molar-refractivity contribution in [3.63, 3.8) is 0 Å². The summed E-state index contributed by atoms with van der Waals surface area (Å²) in [6, 6.07) is 2.54. The zero-order chi connectivity index (χ0) is 17.4. The van der Waals surface area contributed by atoms with Crippen molar-refractivity contribution in [3.8, 4) is 0 Å². The van der Waals surface area contributed by atoms with Crippen LogP contribution in [0.3, 0.4) is 0 Å². The largest absolute Gasteiger partial charge is 0.346 e. The molecule has 0 unspecified atom stereocenters. The van der Waals surface area contributed by atoms with Gasteiger partial charge in [-0.3, -0.25) is 38.7 Å². The molecule has 0 spiro atoms. The van der Waals surface area contributed by atoms with Crippen molar-refractivity contribution in [2.24, 2.45) is 0 Å². The Morgan fingerprint density at radius 1 is 0.542 bits per heavy atom. The highest BCUT2D eigenvalue weighted by Gasteiger charge is 2.15. The van der Waals surface area contributed by atoms with Gasteiger partial charge in [0.05, 0.1) is 21.5 Å². The van der Waals surface area contributed by atoms with E-state index in [9.17, 15) is 28.8 Å². The van der Waals surface area contributed by atoms with E-state index < -0.39 is 34.1 Å². The zero-order valence-corrected chi connectivity index (χ0v) is 12.0. The molecule has 122 valence electrons. The van der Waals surface area contributed by atoms with Crippen LogP contribution in [0.2, 0.25) is 0 Å². The Hall–Kier alpha value is -3.56. The molecule has 4 N–H and O–H groups in total. The number of piperazine rings is 1. The molecule has 2 amide bonds. The number of aromatic amines is 2. The molecule has 1 aliphatic heterocycles. The molecule has 24 heavy (non-hydrogen) atoms. The first-order valence-corrected chi connectivity index (χ1v) is 6.84. The van der Waals surface area contributed by atoms with Gasteiger partial charge in [0.2, 0.25) is 0 Å². The van der Waals surface area contributed by atoms with Gasteiger partial charge in [0.25, 0.3) is 22.2 Å². The molecule has 10 nitrogen and oxygen atoms in total. The summed E-state index contributed by atoms with van der Waals surface area (Å²) in [5.41, 5.74) is -2.19. The van der Waals surface area contributed by atoms with E-state index >= 15 is 0 Å². The molecule has 1 saturated heterocycles. The fourth-order valence-corrected chi connectivity index (χ4v) is 2.34. The summed E-state index contributed by atoms with van der Waals surface area (Å²) in [6.07, 6.45) is 0. The zero-order valence-electron chi connectivity index (χ0n) is 12.0. The molecule has 1 aromatic carbocycles. The number of fused-ring (bicyclic) bond motifs is 2. The quantitative estimate of drug-likeness (QED) is 0.326. The third-order valence-corrected chi connectivity index (χ3v) is 3.49. The molecule has 4 rings (SSSR count). The molecule has 1 fully saturated rings. The van der Waals surface area contributed by atoms with Gasteiger partial charge in [0.15, 0.2) is 0 Å². The van der Waals surface area contributed by atoms with Crippen LogP contribution in [0, 0.1) is 0 Å². The molecule has 3 heterocycles. The summed E-state index contributed by atoms with van der Waals surface area (Å²) in [5, 5.41) is 5.29. The Morgan fingerprint density at radius 3 is 1.08 bits per heavy atom. The van der Waals surface area contributed by atoms with Crippen molar-refractivity contribution in [2.45, 2.75) is 0 Å². The fourth-order valence-electron chi connectivity index (χ4n) is 2.34. The predicted octanol–water partition coefficient (Wildman–Crippen LogP) is -2.80. The van der Waals surface area contributed by atoms with E-state index in [4.69, 9.17) is 0 Å². The van der Waals surface area contributed by atoms with Crippen LogP contribution in [0.25, 0.3) is 21.5 Å². The Kier molecular flexibility index (Phi) is 3.56. The average Bonchev–Trinajstić information content (AvgIpc) is 2.99. The second-order valence-electron chi connectivity index (χ2n) is 5.02. The molecule has 0 atom stereocenters. The lowest BCUT2D eigenvalue weighted by atomic mass is 10.1. The second-order valence-corrected chi connectivity index (χ2v) is 5.02. The lowest BCUT2D eigenvalue weighted by Gasteiger charge is -2.10. The minimum absolute atomic E-state index is 0.133. The molecular formula is C14H10N4O6. The van der Waals surface area contributed by atoms with E-state index in [1.165, 1.54) is 12.1 Å². The second kappa shape index (κ2) is 5.57. The van der Waals surface area contributed by atoms with Crippen LogP contribution in [0.1, 0.15) is 0 Å². The number of aromatic nitrogens is 2. The number of carbonyl (C=O) groups excluding carboxylic acids is 2. The van der Waals surface area contributed by atoms with E-state index in [-0.39, 0.29) is 21.5 Å². The number of hydrogen-bond acceptors (Lipinski definition) is 6. The number of rotatable bonds is 0. The Labute approximate surface area is 131 Å². The van der Waals surface area contributed by atoms with Gasteiger partial charge in [-0.1, -0.05) is 0 Å². The number of amides is 2. The van der Waals surface area contributed by atoms with E-state index in [0.29, 0.717) is 13.1 Å². The normalized spacial score (nSPS) is 14.2. The first kappa shape index (κ1) is 15.3. The van der Waals surface area contributed by atoms with E-state index in [0.717, 1.165) is 0 Å². The van der Waals surface area contributed by atoms with Crippen LogP contribution < -0.4 is 32.9 Å². The van der Waals surface area contributed by atoms with Gasteiger partial charge >= 0.3 is 11.8 Å². The molecule has 0 aliphatic carbocycles. The molecule has 0 saturated carbocycles. The van der Waals surface area contributed by atoms with Gasteiger partial charge in [-0.05, 0) is 12.1 Å². The van der Waals surface area contributed by atoms with Crippen LogP contribution >= 0.6 is 0 Å². The minimum Gasteiger partial charge on any atom is -0.346 e. The van der Waals surface area contributed by atoms with E-state index in [1.807, 2.05) is 0 Å². The van der Waals surface area contributed by atoms with Crippen LogP contribution in [0.4, 0.5) is 0 Å². The molecule has 3 aromatic rings. The molecule has 0 radical (unpaired) electrons. The first-order chi connectivity index (χ1) is 11.4.